The molecule has 0 spiro atoms. The van der Waals surface area contributed by atoms with Crippen molar-refractivity contribution in [3.05, 3.63) is 40.4 Å². The molecule has 0 aliphatic rings. The van der Waals surface area contributed by atoms with Gasteiger partial charge in [0, 0.05) is 11.9 Å². The number of amides is 2. The molecule has 0 saturated carbocycles. The van der Waals surface area contributed by atoms with Crippen LogP contribution in [0.3, 0.4) is 0 Å². The zero-order valence-corrected chi connectivity index (χ0v) is 14.4. The van der Waals surface area contributed by atoms with Crippen LogP contribution < -0.4 is 9.62 Å². The van der Waals surface area contributed by atoms with Gasteiger partial charge in [0.25, 0.3) is 10.0 Å². The summed E-state index contributed by atoms with van der Waals surface area (Å²) in [6, 6.07) is 5.53. The summed E-state index contributed by atoms with van der Waals surface area (Å²) < 4.78 is 26.4. The predicted octanol–water partition coefficient (Wildman–Crippen LogP) is 2.60. The van der Waals surface area contributed by atoms with E-state index in [2.05, 4.69) is 4.98 Å². The van der Waals surface area contributed by atoms with Crippen LogP contribution in [0, 0.1) is 20.8 Å². The largest absolute Gasteiger partial charge is 0.337 e. The van der Waals surface area contributed by atoms with E-state index in [4.69, 9.17) is 0 Å². The van der Waals surface area contributed by atoms with Crippen LogP contribution in [0.25, 0.3) is 0 Å². The van der Waals surface area contributed by atoms with Gasteiger partial charge in [0.2, 0.25) is 0 Å². The minimum atomic E-state index is -3.90. The first-order valence-electron chi connectivity index (χ1n) is 6.52. The maximum absolute atomic E-state index is 12.2. The van der Waals surface area contributed by atoms with Crippen molar-refractivity contribution in [3.8, 4) is 0 Å². The number of hydrogen-bond donors (Lipinski definition) is 1. The van der Waals surface area contributed by atoms with Gasteiger partial charge >= 0.3 is 6.03 Å². The highest BCUT2D eigenvalue weighted by Crippen LogP contribution is 2.24. The van der Waals surface area contributed by atoms with Gasteiger partial charge in [-0.3, -0.25) is 4.90 Å². The molecule has 1 aromatic heterocycles. The Balaban J connectivity index is 2.18. The number of carbonyl (C=O) groups is 1. The Bertz CT molecular complexity index is 776. The Morgan fingerprint density at radius 1 is 1.18 bits per heavy atom. The molecule has 1 N–H and O–H groups in total. The van der Waals surface area contributed by atoms with Crippen LogP contribution in [0.5, 0.6) is 0 Å². The lowest BCUT2D eigenvalue weighted by Crippen LogP contribution is -2.40. The van der Waals surface area contributed by atoms with Crippen LogP contribution in [0.15, 0.2) is 29.2 Å². The first-order chi connectivity index (χ1) is 10.2. The van der Waals surface area contributed by atoms with Crippen molar-refractivity contribution in [3.63, 3.8) is 0 Å². The average molecular weight is 339 g/mol. The van der Waals surface area contributed by atoms with Crippen LogP contribution in [-0.2, 0) is 10.0 Å². The van der Waals surface area contributed by atoms with Crippen LogP contribution in [0.4, 0.5) is 9.93 Å². The quantitative estimate of drug-likeness (QED) is 0.932. The zero-order chi connectivity index (χ0) is 16.5. The van der Waals surface area contributed by atoms with Crippen LogP contribution in [0.2, 0.25) is 0 Å². The highest BCUT2D eigenvalue weighted by molar-refractivity contribution is 7.90. The van der Waals surface area contributed by atoms with Crippen molar-refractivity contribution in [1.82, 2.24) is 9.71 Å². The monoisotopic (exact) mass is 339 g/mol. The summed E-state index contributed by atoms with van der Waals surface area (Å²) in [5.74, 6) is 0. The molecule has 1 aromatic carbocycles. The summed E-state index contributed by atoms with van der Waals surface area (Å²) in [4.78, 5) is 18.6. The fourth-order valence-corrected chi connectivity index (χ4v) is 3.49. The van der Waals surface area contributed by atoms with Crippen LogP contribution >= 0.6 is 11.3 Å². The summed E-state index contributed by atoms with van der Waals surface area (Å²) in [5, 5.41) is 0.451. The smallest absolute Gasteiger partial charge is 0.272 e. The third kappa shape index (κ3) is 3.45. The number of carbonyl (C=O) groups excluding carboxylic acids is 1. The lowest BCUT2D eigenvalue weighted by atomic mass is 10.2. The number of rotatable bonds is 3. The maximum atomic E-state index is 12.2. The molecule has 0 aliphatic carbocycles. The van der Waals surface area contributed by atoms with Gasteiger partial charge in [-0.1, -0.05) is 17.7 Å². The fraction of sp³-hybridized carbons (Fsp3) is 0.286. The van der Waals surface area contributed by atoms with Gasteiger partial charge in [-0.25, -0.2) is 22.9 Å². The maximum Gasteiger partial charge on any atom is 0.337 e. The second-order valence-corrected chi connectivity index (χ2v) is 7.78. The number of benzene rings is 1. The number of urea groups is 1. The average Bonchev–Trinajstić information content (AvgIpc) is 2.77. The van der Waals surface area contributed by atoms with Crippen molar-refractivity contribution in [2.24, 2.45) is 0 Å². The van der Waals surface area contributed by atoms with Crippen LogP contribution in [-0.4, -0.2) is 26.5 Å². The highest BCUT2D eigenvalue weighted by atomic mass is 32.2. The molecule has 0 fully saturated rings. The zero-order valence-electron chi connectivity index (χ0n) is 12.7. The number of anilines is 1. The molecule has 2 amide bonds. The number of nitrogens with one attached hydrogen (secondary N) is 1. The van der Waals surface area contributed by atoms with Gasteiger partial charge in [0.15, 0.2) is 5.13 Å². The van der Waals surface area contributed by atoms with Gasteiger partial charge in [0.05, 0.1) is 10.6 Å². The number of thiazole rings is 1. The third-order valence-electron chi connectivity index (χ3n) is 3.16. The second kappa shape index (κ2) is 6.05. The van der Waals surface area contributed by atoms with E-state index >= 15 is 0 Å². The van der Waals surface area contributed by atoms with Crippen LogP contribution in [0.1, 0.15) is 16.1 Å². The first-order valence-corrected chi connectivity index (χ1v) is 8.82. The SMILES string of the molecule is Cc1ccc(S(=O)(=O)NC(=O)N(C)c2nc(C)c(C)s2)cc1. The Hall–Kier alpha value is -1.93. The van der Waals surface area contributed by atoms with E-state index in [9.17, 15) is 13.2 Å². The van der Waals surface area contributed by atoms with E-state index in [1.165, 1.54) is 35.4 Å². The van der Waals surface area contributed by atoms with Crippen molar-refractivity contribution < 1.29 is 13.2 Å². The first kappa shape index (κ1) is 16.4. The van der Waals surface area contributed by atoms with E-state index in [1.54, 1.807) is 12.1 Å². The van der Waals surface area contributed by atoms with E-state index in [0.29, 0.717) is 5.13 Å². The van der Waals surface area contributed by atoms with Crippen molar-refractivity contribution in [1.29, 1.82) is 0 Å². The number of sulfonamides is 1. The Morgan fingerprint density at radius 2 is 1.77 bits per heavy atom. The van der Waals surface area contributed by atoms with E-state index in [-0.39, 0.29) is 4.90 Å². The molecule has 0 saturated heterocycles. The number of nitrogens with zero attached hydrogens (tertiary/aromatic N) is 2. The number of aryl methyl sites for hydroxylation is 3. The third-order valence-corrected chi connectivity index (χ3v) is 5.65. The standard InChI is InChI=1S/C14H17N3O3S2/c1-9-5-7-12(8-6-9)22(19,20)16-13(18)17(4)14-15-10(2)11(3)21-14/h5-8H,1-4H3,(H,16,18). The number of aromatic nitrogens is 1. The predicted molar refractivity (Wildman–Crippen MR) is 86.9 cm³/mol. The molecule has 0 bridgehead atoms. The van der Waals surface area contributed by atoms with Crippen molar-refractivity contribution in [2.75, 3.05) is 11.9 Å². The van der Waals surface area contributed by atoms with Crippen molar-refractivity contribution in [2.45, 2.75) is 25.7 Å². The molecule has 118 valence electrons. The van der Waals surface area contributed by atoms with Crippen molar-refractivity contribution >= 4 is 32.5 Å². The highest BCUT2D eigenvalue weighted by Gasteiger charge is 2.22. The minimum absolute atomic E-state index is 0.0475. The normalized spacial score (nSPS) is 11.3. The molecular weight excluding hydrogens is 322 g/mol. The Kier molecular flexibility index (Phi) is 4.52. The minimum Gasteiger partial charge on any atom is -0.272 e. The summed E-state index contributed by atoms with van der Waals surface area (Å²) in [5.41, 5.74) is 1.76. The summed E-state index contributed by atoms with van der Waals surface area (Å²) in [6.07, 6.45) is 0. The Morgan fingerprint density at radius 3 is 2.27 bits per heavy atom. The molecule has 2 aromatic rings. The molecule has 2 rings (SSSR count). The molecule has 0 atom stereocenters. The second-order valence-electron chi connectivity index (χ2n) is 4.92. The van der Waals surface area contributed by atoms with Gasteiger partial charge < -0.3 is 0 Å². The molecule has 0 unspecified atom stereocenters. The molecule has 22 heavy (non-hydrogen) atoms. The summed E-state index contributed by atoms with van der Waals surface area (Å²) in [7, 11) is -2.41. The molecule has 1 heterocycles. The van der Waals surface area contributed by atoms with E-state index in [0.717, 1.165) is 16.1 Å². The lowest BCUT2D eigenvalue weighted by molar-refractivity contribution is 0.252. The summed E-state index contributed by atoms with van der Waals surface area (Å²) >= 11 is 1.33. The molecule has 6 nitrogen and oxygen atoms in total. The number of hydrogen-bond acceptors (Lipinski definition) is 5. The van der Waals surface area contributed by atoms with Gasteiger partial charge in [-0.15, -0.1) is 11.3 Å². The molecular formula is C14H17N3O3S2. The molecule has 8 heteroatoms. The summed E-state index contributed by atoms with van der Waals surface area (Å²) in [6.45, 7) is 5.59. The van der Waals surface area contributed by atoms with E-state index in [1.807, 2.05) is 25.5 Å². The fourth-order valence-electron chi connectivity index (χ4n) is 1.65. The Labute approximate surface area is 133 Å². The topological polar surface area (TPSA) is 79.4 Å². The van der Waals surface area contributed by atoms with Gasteiger partial charge in [-0.05, 0) is 32.9 Å². The van der Waals surface area contributed by atoms with Gasteiger partial charge in [0.1, 0.15) is 0 Å². The lowest BCUT2D eigenvalue weighted by Gasteiger charge is -2.15. The molecule has 0 radical (unpaired) electrons. The van der Waals surface area contributed by atoms with E-state index < -0.39 is 16.1 Å². The molecule has 0 aliphatic heterocycles. The van der Waals surface area contributed by atoms with Gasteiger partial charge in [-0.2, -0.15) is 0 Å².